The SMILES string of the molecule is CC(N)CC(=O)N[C@@H](CS)C(=O)N[C@@H](CCC(=O)O)C(=O)O. The summed E-state index contributed by atoms with van der Waals surface area (Å²) in [6, 6.07) is -2.76. The minimum absolute atomic E-state index is 0.0128. The maximum atomic E-state index is 11.9. The molecule has 22 heavy (non-hydrogen) atoms. The Labute approximate surface area is 133 Å². The molecule has 9 nitrogen and oxygen atoms in total. The lowest BCUT2D eigenvalue weighted by molar-refractivity contribution is -0.143. The molecule has 1 unspecified atom stereocenters. The highest BCUT2D eigenvalue weighted by Gasteiger charge is 2.26. The Morgan fingerprint density at radius 1 is 1.14 bits per heavy atom. The maximum Gasteiger partial charge on any atom is 0.326 e. The van der Waals surface area contributed by atoms with Crippen molar-refractivity contribution in [2.75, 3.05) is 5.75 Å². The second-order valence-electron chi connectivity index (χ2n) is 4.82. The molecule has 0 saturated carbocycles. The van der Waals surface area contributed by atoms with Gasteiger partial charge in [0.25, 0.3) is 0 Å². The molecule has 0 fully saturated rings. The van der Waals surface area contributed by atoms with E-state index < -0.39 is 42.3 Å². The molecule has 0 rings (SSSR count). The molecule has 0 aromatic heterocycles. The van der Waals surface area contributed by atoms with Gasteiger partial charge < -0.3 is 26.6 Å². The predicted molar refractivity (Wildman–Crippen MR) is 80.5 cm³/mol. The molecule has 0 radical (unpaired) electrons. The number of hydrogen-bond acceptors (Lipinski definition) is 6. The van der Waals surface area contributed by atoms with Gasteiger partial charge in [0, 0.05) is 24.6 Å². The Balaban J connectivity index is 4.63. The normalized spacial score (nSPS) is 14.5. The Kier molecular flexibility index (Phi) is 9.18. The number of rotatable bonds is 10. The first-order chi connectivity index (χ1) is 10.2. The zero-order chi connectivity index (χ0) is 17.3. The van der Waals surface area contributed by atoms with Gasteiger partial charge in [0.05, 0.1) is 0 Å². The molecule has 10 heteroatoms. The molecule has 6 N–H and O–H groups in total. The van der Waals surface area contributed by atoms with Crippen LogP contribution in [0.2, 0.25) is 0 Å². The van der Waals surface area contributed by atoms with Crippen molar-refractivity contribution in [1.82, 2.24) is 10.6 Å². The molecule has 0 bridgehead atoms. The minimum atomic E-state index is -1.35. The Hall–Kier alpha value is -1.81. The lowest BCUT2D eigenvalue weighted by Crippen LogP contribution is -2.53. The summed E-state index contributed by atoms with van der Waals surface area (Å²) in [5.74, 6) is -3.76. The lowest BCUT2D eigenvalue weighted by Gasteiger charge is -2.20. The van der Waals surface area contributed by atoms with Gasteiger partial charge >= 0.3 is 11.9 Å². The van der Waals surface area contributed by atoms with E-state index in [1.165, 1.54) is 0 Å². The van der Waals surface area contributed by atoms with E-state index >= 15 is 0 Å². The second-order valence-corrected chi connectivity index (χ2v) is 5.18. The van der Waals surface area contributed by atoms with Gasteiger partial charge in [0.15, 0.2) is 0 Å². The van der Waals surface area contributed by atoms with E-state index in [4.69, 9.17) is 15.9 Å². The fourth-order valence-electron chi connectivity index (χ4n) is 1.54. The molecule has 0 aromatic carbocycles. The van der Waals surface area contributed by atoms with Crippen molar-refractivity contribution in [3.05, 3.63) is 0 Å². The van der Waals surface area contributed by atoms with Gasteiger partial charge in [-0.1, -0.05) is 0 Å². The standard InChI is InChI=1S/C12H21N3O6S/c1-6(13)4-9(16)14-8(5-22)11(19)15-7(12(20)21)2-3-10(17)18/h6-8,22H,2-5,13H2,1H3,(H,14,16)(H,15,19)(H,17,18)(H,20,21)/t6?,7-,8-/m0/s1. The summed E-state index contributed by atoms with van der Waals surface area (Å²) in [5, 5.41) is 22.1. The molecule has 0 heterocycles. The van der Waals surface area contributed by atoms with Gasteiger partial charge in [-0.25, -0.2) is 4.79 Å². The summed E-state index contributed by atoms with van der Waals surface area (Å²) >= 11 is 3.93. The van der Waals surface area contributed by atoms with Crippen LogP contribution in [-0.4, -0.2) is 57.8 Å². The zero-order valence-corrected chi connectivity index (χ0v) is 13.0. The van der Waals surface area contributed by atoms with E-state index in [1.54, 1.807) is 6.92 Å². The van der Waals surface area contributed by atoms with Crippen LogP contribution in [0, 0.1) is 0 Å². The van der Waals surface area contributed by atoms with Gasteiger partial charge in [0.2, 0.25) is 11.8 Å². The van der Waals surface area contributed by atoms with Crippen LogP contribution in [-0.2, 0) is 19.2 Å². The number of nitrogens with one attached hydrogen (secondary N) is 2. The third kappa shape index (κ3) is 8.47. The van der Waals surface area contributed by atoms with Crippen LogP contribution in [0.1, 0.15) is 26.2 Å². The van der Waals surface area contributed by atoms with E-state index in [0.29, 0.717) is 0 Å². The zero-order valence-electron chi connectivity index (χ0n) is 12.1. The molecule has 3 atom stereocenters. The summed E-state index contributed by atoms with van der Waals surface area (Å²) in [4.78, 5) is 45.0. The molecular weight excluding hydrogens is 314 g/mol. The van der Waals surface area contributed by atoms with Gasteiger partial charge in [-0.2, -0.15) is 12.6 Å². The Morgan fingerprint density at radius 2 is 1.73 bits per heavy atom. The number of carboxylic acid groups (broad SMARTS) is 2. The van der Waals surface area contributed by atoms with Crippen molar-refractivity contribution < 1.29 is 29.4 Å². The molecule has 2 amide bonds. The third-order valence-electron chi connectivity index (χ3n) is 2.60. The molecule has 0 saturated heterocycles. The van der Waals surface area contributed by atoms with Crippen molar-refractivity contribution in [1.29, 1.82) is 0 Å². The summed E-state index contributed by atoms with van der Waals surface area (Å²) in [6.07, 6.45) is -0.651. The molecule has 0 spiro atoms. The van der Waals surface area contributed by atoms with Crippen molar-refractivity contribution >= 4 is 36.4 Å². The monoisotopic (exact) mass is 335 g/mol. The van der Waals surface area contributed by atoms with Crippen LogP contribution in [0.15, 0.2) is 0 Å². The van der Waals surface area contributed by atoms with Crippen LogP contribution in [0.4, 0.5) is 0 Å². The van der Waals surface area contributed by atoms with Gasteiger partial charge in [0.1, 0.15) is 12.1 Å². The number of nitrogens with two attached hydrogens (primary N) is 1. The van der Waals surface area contributed by atoms with E-state index in [-0.39, 0.29) is 24.6 Å². The van der Waals surface area contributed by atoms with Crippen molar-refractivity contribution in [3.63, 3.8) is 0 Å². The Morgan fingerprint density at radius 3 is 2.14 bits per heavy atom. The van der Waals surface area contributed by atoms with E-state index in [2.05, 4.69) is 23.3 Å². The van der Waals surface area contributed by atoms with E-state index in [0.717, 1.165) is 0 Å². The number of carbonyl (C=O) groups excluding carboxylic acids is 2. The van der Waals surface area contributed by atoms with Crippen molar-refractivity contribution in [3.8, 4) is 0 Å². The van der Waals surface area contributed by atoms with Crippen LogP contribution in [0.5, 0.6) is 0 Å². The fraction of sp³-hybridized carbons (Fsp3) is 0.667. The van der Waals surface area contributed by atoms with E-state index in [1.807, 2.05) is 0 Å². The first kappa shape index (κ1) is 20.2. The highest BCUT2D eigenvalue weighted by molar-refractivity contribution is 7.80. The second kappa shape index (κ2) is 10.0. The lowest BCUT2D eigenvalue weighted by atomic mass is 10.1. The maximum absolute atomic E-state index is 11.9. The largest absolute Gasteiger partial charge is 0.481 e. The summed E-state index contributed by atoms with van der Waals surface area (Å²) < 4.78 is 0. The quantitative estimate of drug-likeness (QED) is 0.267. The van der Waals surface area contributed by atoms with Crippen molar-refractivity contribution in [2.45, 2.75) is 44.3 Å². The topological polar surface area (TPSA) is 159 Å². The molecule has 0 aliphatic rings. The Bertz CT molecular complexity index is 429. The van der Waals surface area contributed by atoms with Gasteiger partial charge in [-0.05, 0) is 13.3 Å². The summed E-state index contributed by atoms with van der Waals surface area (Å²) in [7, 11) is 0. The summed E-state index contributed by atoms with van der Waals surface area (Å²) in [6.45, 7) is 1.63. The number of aliphatic carboxylic acids is 2. The van der Waals surface area contributed by atoms with Crippen LogP contribution < -0.4 is 16.4 Å². The van der Waals surface area contributed by atoms with E-state index in [9.17, 15) is 19.2 Å². The average molecular weight is 335 g/mol. The first-order valence-corrected chi connectivity index (χ1v) is 7.21. The first-order valence-electron chi connectivity index (χ1n) is 6.58. The van der Waals surface area contributed by atoms with Gasteiger partial charge in [-0.3, -0.25) is 14.4 Å². The van der Waals surface area contributed by atoms with Crippen LogP contribution in [0.3, 0.4) is 0 Å². The fourth-order valence-corrected chi connectivity index (χ4v) is 1.79. The molecule has 0 aliphatic heterocycles. The third-order valence-corrected chi connectivity index (χ3v) is 2.97. The number of hydrogen-bond donors (Lipinski definition) is 6. The van der Waals surface area contributed by atoms with Crippen LogP contribution >= 0.6 is 12.6 Å². The highest BCUT2D eigenvalue weighted by atomic mass is 32.1. The smallest absolute Gasteiger partial charge is 0.326 e. The highest BCUT2D eigenvalue weighted by Crippen LogP contribution is 2.00. The molecule has 0 aliphatic carbocycles. The average Bonchev–Trinajstić information content (AvgIpc) is 2.38. The minimum Gasteiger partial charge on any atom is -0.481 e. The van der Waals surface area contributed by atoms with Crippen molar-refractivity contribution in [2.24, 2.45) is 5.73 Å². The molecular formula is C12H21N3O6S. The predicted octanol–water partition coefficient (Wildman–Crippen LogP) is -1.43. The molecule has 0 aromatic rings. The molecule has 126 valence electrons. The number of carboxylic acids is 2. The van der Waals surface area contributed by atoms with Gasteiger partial charge in [-0.15, -0.1) is 0 Å². The number of amides is 2. The summed E-state index contributed by atoms with van der Waals surface area (Å²) in [5.41, 5.74) is 5.46. The number of carbonyl (C=O) groups is 4. The number of thiol groups is 1. The van der Waals surface area contributed by atoms with Crippen LogP contribution in [0.25, 0.3) is 0 Å².